The minimum absolute atomic E-state index is 0.178. The normalized spacial score (nSPS) is 48.4. The van der Waals surface area contributed by atoms with Crippen molar-refractivity contribution in [2.45, 2.75) is 104 Å². The van der Waals surface area contributed by atoms with Crippen LogP contribution in [-0.4, -0.2) is 23.3 Å². The first-order valence-corrected chi connectivity index (χ1v) is 12.0. The van der Waals surface area contributed by atoms with Crippen LogP contribution in [-0.2, 0) is 9.53 Å². The quantitative estimate of drug-likeness (QED) is 0.625. The lowest BCUT2D eigenvalue weighted by molar-refractivity contribution is -0.207. The number of carbonyl (C=O) groups excluding carboxylic acids is 1. The second kappa shape index (κ2) is 6.72. The molecule has 0 aromatic carbocycles. The van der Waals surface area contributed by atoms with E-state index in [0.717, 1.165) is 37.0 Å². The van der Waals surface area contributed by atoms with Gasteiger partial charge in [0.25, 0.3) is 0 Å². The van der Waals surface area contributed by atoms with Crippen LogP contribution >= 0.6 is 0 Å². The van der Waals surface area contributed by atoms with Crippen molar-refractivity contribution in [1.29, 1.82) is 0 Å². The van der Waals surface area contributed by atoms with Crippen molar-refractivity contribution in [2.24, 2.45) is 39.9 Å². The van der Waals surface area contributed by atoms with Gasteiger partial charge >= 0.3 is 5.97 Å². The molecule has 7 unspecified atom stereocenters. The summed E-state index contributed by atoms with van der Waals surface area (Å²) < 4.78 is 5.40. The maximum atomic E-state index is 12.8. The van der Waals surface area contributed by atoms with Crippen molar-refractivity contribution in [3.63, 3.8) is 0 Å². The molecule has 1 N–H and O–H groups in total. The van der Waals surface area contributed by atoms with Crippen molar-refractivity contribution < 1.29 is 14.6 Å². The molecule has 0 saturated heterocycles. The van der Waals surface area contributed by atoms with Gasteiger partial charge in [-0.15, -0.1) is 0 Å². The van der Waals surface area contributed by atoms with E-state index in [1.165, 1.54) is 44.9 Å². The number of fused-ring (bicyclic) bond motifs is 5. The molecule has 0 aromatic heterocycles. The van der Waals surface area contributed by atoms with Gasteiger partial charge in [-0.3, -0.25) is 4.79 Å². The smallest absolute Gasteiger partial charge is 0.314 e. The van der Waals surface area contributed by atoms with Crippen molar-refractivity contribution >= 4 is 5.97 Å². The Morgan fingerprint density at radius 3 is 2.43 bits per heavy atom. The number of aliphatic hydroxyl groups is 1. The number of rotatable bonds is 3. The molecule has 4 aliphatic rings. The van der Waals surface area contributed by atoms with E-state index >= 15 is 0 Å². The van der Waals surface area contributed by atoms with Gasteiger partial charge in [0.05, 0.1) is 17.6 Å². The number of ether oxygens (including phenoxy) is 1. The van der Waals surface area contributed by atoms with E-state index in [2.05, 4.69) is 13.8 Å². The molecule has 4 saturated carbocycles. The Hall–Kier alpha value is -0.570. The molecular weight excluding hydrogens is 348 g/mol. The SMILES string of the molecule is CCOC(=O)C(C)(C)C1(O)CCC2C3CCC4CCCCC4(C)C3CCC21C. The molecule has 3 nitrogen and oxygen atoms in total. The van der Waals surface area contributed by atoms with Gasteiger partial charge in [-0.2, -0.15) is 0 Å². The second-order valence-corrected chi connectivity index (χ2v) is 11.6. The van der Waals surface area contributed by atoms with Crippen LogP contribution in [0.15, 0.2) is 0 Å². The van der Waals surface area contributed by atoms with E-state index in [-0.39, 0.29) is 11.4 Å². The van der Waals surface area contributed by atoms with Gasteiger partial charge in [-0.1, -0.05) is 26.7 Å². The topological polar surface area (TPSA) is 46.5 Å². The summed E-state index contributed by atoms with van der Waals surface area (Å²) in [5, 5.41) is 12.1. The van der Waals surface area contributed by atoms with Crippen LogP contribution in [0, 0.1) is 39.9 Å². The summed E-state index contributed by atoms with van der Waals surface area (Å²) in [5.41, 5.74) is -1.49. The Balaban J connectivity index is 1.64. The minimum atomic E-state index is -0.966. The zero-order valence-electron chi connectivity index (χ0n) is 18.9. The molecule has 0 aromatic rings. The van der Waals surface area contributed by atoms with Crippen LogP contribution in [0.5, 0.6) is 0 Å². The molecule has 0 spiro atoms. The highest BCUT2D eigenvalue weighted by Crippen LogP contribution is 2.70. The first-order chi connectivity index (χ1) is 13.1. The lowest BCUT2D eigenvalue weighted by atomic mass is 9.43. The second-order valence-electron chi connectivity index (χ2n) is 11.6. The summed E-state index contributed by atoms with van der Waals surface area (Å²) in [6, 6.07) is 0. The Bertz CT molecular complexity index is 627. The average Bonchev–Trinajstić information content (AvgIpc) is 2.94. The van der Waals surface area contributed by atoms with Gasteiger partial charge in [-0.05, 0) is 101 Å². The Kier molecular flexibility index (Phi) is 4.97. The first kappa shape index (κ1) is 20.7. The van der Waals surface area contributed by atoms with E-state index in [1.807, 2.05) is 20.8 Å². The molecule has 0 aliphatic heterocycles. The third-order valence-electron chi connectivity index (χ3n) is 10.6. The first-order valence-electron chi connectivity index (χ1n) is 12.0. The fraction of sp³-hybridized carbons (Fsp3) is 0.960. The predicted octanol–water partition coefficient (Wildman–Crippen LogP) is 5.74. The van der Waals surface area contributed by atoms with E-state index in [9.17, 15) is 9.90 Å². The fourth-order valence-electron chi connectivity index (χ4n) is 8.82. The Morgan fingerprint density at radius 2 is 1.71 bits per heavy atom. The van der Waals surface area contributed by atoms with E-state index in [4.69, 9.17) is 4.74 Å². The summed E-state index contributed by atoms with van der Waals surface area (Å²) in [6.07, 6.45) is 12.5. The van der Waals surface area contributed by atoms with E-state index < -0.39 is 11.0 Å². The molecular formula is C25H42O3. The molecule has 0 bridgehead atoms. The van der Waals surface area contributed by atoms with E-state index in [0.29, 0.717) is 17.9 Å². The Labute approximate surface area is 172 Å². The van der Waals surface area contributed by atoms with Crippen molar-refractivity contribution in [1.82, 2.24) is 0 Å². The standard InChI is InChI=1S/C25H42O3/c1-6-28-21(26)22(2,3)25(27)16-13-20-18-11-10-17-9-7-8-14-23(17,4)19(18)12-15-24(20,25)5/h17-20,27H,6-16H2,1-5H3. The van der Waals surface area contributed by atoms with Gasteiger partial charge < -0.3 is 9.84 Å². The molecule has 28 heavy (non-hydrogen) atoms. The molecule has 4 fully saturated rings. The number of esters is 1. The molecule has 0 radical (unpaired) electrons. The lowest BCUT2D eigenvalue weighted by Crippen LogP contribution is -2.62. The molecule has 160 valence electrons. The van der Waals surface area contributed by atoms with Gasteiger partial charge in [-0.25, -0.2) is 0 Å². The molecule has 3 heteroatoms. The number of hydrogen-bond donors (Lipinski definition) is 1. The van der Waals surface area contributed by atoms with Crippen LogP contribution in [0.4, 0.5) is 0 Å². The predicted molar refractivity (Wildman–Crippen MR) is 112 cm³/mol. The molecule has 7 atom stereocenters. The maximum absolute atomic E-state index is 12.8. The number of carbonyl (C=O) groups is 1. The van der Waals surface area contributed by atoms with Crippen molar-refractivity contribution in [3.05, 3.63) is 0 Å². The summed E-state index contributed by atoms with van der Waals surface area (Å²) in [7, 11) is 0. The highest BCUT2D eigenvalue weighted by Gasteiger charge is 2.69. The summed E-state index contributed by atoms with van der Waals surface area (Å²) in [4.78, 5) is 12.8. The third-order valence-corrected chi connectivity index (χ3v) is 10.6. The van der Waals surface area contributed by atoms with Crippen LogP contribution in [0.1, 0.15) is 98.8 Å². The fourth-order valence-corrected chi connectivity index (χ4v) is 8.82. The summed E-state index contributed by atoms with van der Waals surface area (Å²) in [5.74, 6) is 2.78. The monoisotopic (exact) mass is 390 g/mol. The molecule has 4 rings (SSSR count). The average molecular weight is 391 g/mol. The molecule has 4 aliphatic carbocycles. The number of hydrogen-bond acceptors (Lipinski definition) is 3. The maximum Gasteiger partial charge on any atom is 0.314 e. The van der Waals surface area contributed by atoms with Crippen LogP contribution in [0.25, 0.3) is 0 Å². The highest BCUT2D eigenvalue weighted by atomic mass is 16.5. The van der Waals surface area contributed by atoms with Crippen molar-refractivity contribution in [2.75, 3.05) is 6.61 Å². The molecule has 0 amide bonds. The van der Waals surface area contributed by atoms with Gasteiger partial charge in [0.2, 0.25) is 0 Å². The summed E-state index contributed by atoms with van der Waals surface area (Å²) >= 11 is 0. The lowest BCUT2D eigenvalue weighted by Gasteiger charge is -2.62. The van der Waals surface area contributed by atoms with Crippen molar-refractivity contribution in [3.8, 4) is 0 Å². The van der Waals surface area contributed by atoms with Crippen LogP contribution in [0.3, 0.4) is 0 Å². The third kappa shape index (κ3) is 2.53. The minimum Gasteiger partial charge on any atom is -0.465 e. The van der Waals surface area contributed by atoms with Crippen LogP contribution < -0.4 is 0 Å². The zero-order valence-corrected chi connectivity index (χ0v) is 18.9. The van der Waals surface area contributed by atoms with Gasteiger partial charge in [0.1, 0.15) is 0 Å². The molecule has 0 heterocycles. The highest BCUT2D eigenvalue weighted by molar-refractivity contribution is 5.78. The van der Waals surface area contributed by atoms with Gasteiger partial charge in [0.15, 0.2) is 0 Å². The summed E-state index contributed by atoms with van der Waals surface area (Å²) in [6.45, 7) is 11.0. The van der Waals surface area contributed by atoms with E-state index in [1.54, 1.807) is 0 Å². The Morgan fingerprint density at radius 1 is 1.00 bits per heavy atom. The zero-order chi connectivity index (χ0) is 20.4. The van der Waals surface area contributed by atoms with Crippen LogP contribution in [0.2, 0.25) is 0 Å². The van der Waals surface area contributed by atoms with Gasteiger partial charge in [0, 0.05) is 5.41 Å². The largest absolute Gasteiger partial charge is 0.465 e.